The van der Waals surface area contributed by atoms with E-state index >= 15 is 0 Å². The molecule has 2 aromatic rings. The third-order valence-corrected chi connectivity index (χ3v) is 4.13. The summed E-state index contributed by atoms with van der Waals surface area (Å²) in [5.41, 5.74) is 3.70. The molecule has 0 saturated carbocycles. The summed E-state index contributed by atoms with van der Waals surface area (Å²) in [6, 6.07) is 14.8. The van der Waals surface area contributed by atoms with Crippen LogP contribution in [-0.2, 0) is 6.54 Å². The number of rotatable bonds is 5. The number of halogens is 1. The summed E-state index contributed by atoms with van der Waals surface area (Å²) in [5, 5.41) is 3.55. The fourth-order valence-electron chi connectivity index (χ4n) is 2.24. The van der Waals surface area contributed by atoms with Gasteiger partial charge in [-0.3, -0.25) is 0 Å². The summed E-state index contributed by atoms with van der Waals surface area (Å²) >= 11 is 3.60. The molecule has 106 valence electrons. The highest BCUT2D eigenvalue weighted by atomic mass is 79.9. The van der Waals surface area contributed by atoms with Gasteiger partial charge in [-0.2, -0.15) is 0 Å². The van der Waals surface area contributed by atoms with Crippen LogP contribution in [0, 0.1) is 6.92 Å². The number of ether oxygens (including phenoxy) is 1. The average Bonchev–Trinajstić information content (AvgIpc) is 2.45. The zero-order valence-corrected chi connectivity index (χ0v) is 13.7. The lowest BCUT2D eigenvalue weighted by Crippen LogP contribution is -2.19. The largest absolute Gasteiger partial charge is 0.496 e. The molecule has 2 aromatic carbocycles. The maximum Gasteiger partial charge on any atom is 0.123 e. The fraction of sp³-hybridized carbons (Fsp3) is 0.294. The lowest BCUT2D eigenvalue weighted by atomic mass is 10.1. The summed E-state index contributed by atoms with van der Waals surface area (Å²) < 4.78 is 6.55. The Labute approximate surface area is 129 Å². The standard InChI is InChI=1S/C17H20BrNO/c1-12-8-9-17(20-3)14(10-12)11-19-13(2)15-6-4-5-7-16(15)18/h4-10,13,19H,11H2,1-3H3/t13-/m1/s1. The summed E-state index contributed by atoms with van der Waals surface area (Å²) in [6.45, 7) is 5.05. The van der Waals surface area contributed by atoms with Gasteiger partial charge in [-0.25, -0.2) is 0 Å². The van der Waals surface area contributed by atoms with Gasteiger partial charge in [0.2, 0.25) is 0 Å². The van der Waals surface area contributed by atoms with E-state index in [-0.39, 0.29) is 6.04 Å². The zero-order valence-electron chi connectivity index (χ0n) is 12.1. The number of hydrogen-bond donors (Lipinski definition) is 1. The van der Waals surface area contributed by atoms with Gasteiger partial charge in [-0.1, -0.05) is 51.8 Å². The highest BCUT2D eigenvalue weighted by molar-refractivity contribution is 9.10. The summed E-state index contributed by atoms with van der Waals surface area (Å²) in [5.74, 6) is 0.933. The van der Waals surface area contributed by atoms with Gasteiger partial charge in [0.15, 0.2) is 0 Å². The van der Waals surface area contributed by atoms with E-state index in [2.05, 4.69) is 65.4 Å². The third kappa shape index (κ3) is 3.62. The molecule has 3 heteroatoms. The maximum atomic E-state index is 5.41. The van der Waals surface area contributed by atoms with Crippen LogP contribution in [0.3, 0.4) is 0 Å². The van der Waals surface area contributed by atoms with E-state index in [0.29, 0.717) is 0 Å². The van der Waals surface area contributed by atoms with Crippen LogP contribution >= 0.6 is 15.9 Å². The Morgan fingerprint density at radius 3 is 2.65 bits per heavy atom. The lowest BCUT2D eigenvalue weighted by Gasteiger charge is -2.17. The van der Waals surface area contributed by atoms with E-state index < -0.39 is 0 Å². The molecule has 0 spiro atoms. The van der Waals surface area contributed by atoms with Crippen LogP contribution < -0.4 is 10.1 Å². The topological polar surface area (TPSA) is 21.3 Å². The van der Waals surface area contributed by atoms with Crippen molar-refractivity contribution in [3.63, 3.8) is 0 Å². The minimum absolute atomic E-state index is 0.274. The Hall–Kier alpha value is -1.32. The maximum absolute atomic E-state index is 5.41. The van der Waals surface area contributed by atoms with E-state index in [4.69, 9.17) is 4.74 Å². The lowest BCUT2D eigenvalue weighted by molar-refractivity contribution is 0.406. The van der Waals surface area contributed by atoms with E-state index in [1.54, 1.807) is 7.11 Å². The normalized spacial score (nSPS) is 12.2. The Kier molecular flexibility index (Phi) is 5.21. The smallest absolute Gasteiger partial charge is 0.123 e. The van der Waals surface area contributed by atoms with Crippen LogP contribution in [0.2, 0.25) is 0 Å². The van der Waals surface area contributed by atoms with Crippen molar-refractivity contribution >= 4 is 15.9 Å². The molecule has 0 aliphatic heterocycles. The Balaban J connectivity index is 2.09. The Morgan fingerprint density at radius 2 is 1.95 bits per heavy atom. The first-order valence-corrected chi connectivity index (χ1v) is 7.52. The van der Waals surface area contributed by atoms with E-state index in [0.717, 1.165) is 16.8 Å². The predicted molar refractivity (Wildman–Crippen MR) is 87.1 cm³/mol. The minimum Gasteiger partial charge on any atom is -0.496 e. The first-order chi connectivity index (χ1) is 9.61. The highest BCUT2D eigenvalue weighted by Gasteiger charge is 2.10. The first kappa shape index (κ1) is 15.1. The van der Waals surface area contributed by atoms with Crippen molar-refractivity contribution in [1.82, 2.24) is 5.32 Å². The predicted octanol–water partition coefficient (Wildman–Crippen LogP) is 4.62. The molecule has 20 heavy (non-hydrogen) atoms. The molecule has 2 rings (SSSR count). The molecule has 0 bridgehead atoms. The molecule has 0 heterocycles. The molecule has 0 saturated heterocycles. The van der Waals surface area contributed by atoms with Crippen LogP contribution in [0.5, 0.6) is 5.75 Å². The van der Waals surface area contributed by atoms with Crippen molar-refractivity contribution < 1.29 is 4.74 Å². The number of nitrogens with one attached hydrogen (secondary N) is 1. The van der Waals surface area contributed by atoms with E-state index in [9.17, 15) is 0 Å². The average molecular weight is 334 g/mol. The van der Waals surface area contributed by atoms with Gasteiger partial charge in [-0.15, -0.1) is 0 Å². The van der Waals surface area contributed by atoms with Crippen LogP contribution in [-0.4, -0.2) is 7.11 Å². The molecule has 0 radical (unpaired) electrons. The fourth-order valence-corrected chi connectivity index (χ4v) is 2.87. The zero-order chi connectivity index (χ0) is 14.5. The first-order valence-electron chi connectivity index (χ1n) is 6.73. The number of benzene rings is 2. The Bertz CT molecular complexity index is 583. The molecule has 0 fully saturated rings. The monoisotopic (exact) mass is 333 g/mol. The molecular formula is C17H20BrNO. The minimum atomic E-state index is 0.274. The van der Waals surface area contributed by atoms with Crippen molar-refractivity contribution in [2.75, 3.05) is 7.11 Å². The molecule has 1 atom stereocenters. The van der Waals surface area contributed by atoms with Crippen LogP contribution in [0.25, 0.3) is 0 Å². The van der Waals surface area contributed by atoms with Gasteiger partial charge in [0.25, 0.3) is 0 Å². The quantitative estimate of drug-likeness (QED) is 0.862. The molecular weight excluding hydrogens is 314 g/mol. The van der Waals surface area contributed by atoms with E-state index in [1.165, 1.54) is 16.7 Å². The van der Waals surface area contributed by atoms with Gasteiger partial charge >= 0.3 is 0 Å². The molecule has 0 unspecified atom stereocenters. The molecule has 0 aliphatic carbocycles. The second-order valence-corrected chi connectivity index (χ2v) is 5.79. The molecule has 0 aromatic heterocycles. The summed E-state index contributed by atoms with van der Waals surface area (Å²) in [4.78, 5) is 0. The number of methoxy groups -OCH3 is 1. The van der Waals surface area contributed by atoms with E-state index in [1.807, 2.05) is 12.1 Å². The van der Waals surface area contributed by atoms with Crippen molar-refractivity contribution in [2.45, 2.75) is 26.4 Å². The van der Waals surface area contributed by atoms with Gasteiger partial charge in [0.1, 0.15) is 5.75 Å². The molecule has 0 aliphatic rings. The van der Waals surface area contributed by atoms with Crippen LogP contribution in [0.4, 0.5) is 0 Å². The SMILES string of the molecule is COc1ccc(C)cc1CN[C@H](C)c1ccccc1Br. The van der Waals surface area contributed by atoms with Crippen molar-refractivity contribution in [3.05, 3.63) is 63.6 Å². The number of aryl methyl sites for hydroxylation is 1. The Morgan fingerprint density at radius 1 is 1.20 bits per heavy atom. The van der Waals surface area contributed by atoms with Gasteiger partial charge < -0.3 is 10.1 Å². The van der Waals surface area contributed by atoms with Crippen LogP contribution in [0.15, 0.2) is 46.9 Å². The van der Waals surface area contributed by atoms with Gasteiger partial charge in [0, 0.05) is 22.6 Å². The summed E-state index contributed by atoms with van der Waals surface area (Å²) in [7, 11) is 1.71. The van der Waals surface area contributed by atoms with Gasteiger partial charge in [-0.05, 0) is 31.5 Å². The van der Waals surface area contributed by atoms with Crippen LogP contribution in [0.1, 0.15) is 29.7 Å². The summed E-state index contributed by atoms with van der Waals surface area (Å²) in [6.07, 6.45) is 0. The van der Waals surface area contributed by atoms with Crippen molar-refractivity contribution in [2.24, 2.45) is 0 Å². The third-order valence-electron chi connectivity index (χ3n) is 3.41. The van der Waals surface area contributed by atoms with Gasteiger partial charge in [0.05, 0.1) is 7.11 Å². The molecule has 0 amide bonds. The van der Waals surface area contributed by atoms with Crippen molar-refractivity contribution in [3.8, 4) is 5.75 Å². The highest BCUT2D eigenvalue weighted by Crippen LogP contribution is 2.24. The van der Waals surface area contributed by atoms with Crippen molar-refractivity contribution in [1.29, 1.82) is 0 Å². The number of hydrogen-bond acceptors (Lipinski definition) is 2. The second-order valence-electron chi connectivity index (χ2n) is 4.94. The molecule has 1 N–H and O–H groups in total. The molecule has 2 nitrogen and oxygen atoms in total. The second kappa shape index (κ2) is 6.91.